The molecule has 0 amide bonds. The summed E-state index contributed by atoms with van der Waals surface area (Å²) in [5.41, 5.74) is 0. The zero-order valence-electron chi connectivity index (χ0n) is 11.8. The third kappa shape index (κ3) is 13.7. The first-order valence-electron chi connectivity index (χ1n) is 6.98. The third-order valence-corrected chi connectivity index (χ3v) is 2.73. The molecule has 1 N–H and O–H groups in total. The van der Waals surface area contributed by atoms with E-state index < -0.39 is 12.8 Å². The molecule has 0 bridgehead atoms. The van der Waals surface area contributed by atoms with Crippen molar-refractivity contribution in [1.29, 1.82) is 0 Å². The predicted molar refractivity (Wildman–Crippen MR) is 72.2 cm³/mol. The average molecular weight is 281 g/mol. The number of halogens is 3. The van der Waals surface area contributed by atoms with E-state index in [1.54, 1.807) is 0 Å². The molecule has 19 heavy (non-hydrogen) atoms. The summed E-state index contributed by atoms with van der Waals surface area (Å²) in [4.78, 5) is 0. The second-order valence-corrected chi connectivity index (χ2v) is 4.71. The Kier molecular flexibility index (Phi) is 11.0. The van der Waals surface area contributed by atoms with E-state index in [1.807, 2.05) is 13.0 Å². The van der Waals surface area contributed by atoms with Crippen LogP contribution in [0.15, 0.2) is 12.7 Å². The molecule has 0 aromatic rings. The number of nitrogens with one attached hydrogen (secondary N) is 1. The van der Waals surface area contributed by atoms with Gasteiger partial charge in [-0.15, -0.1) is 6.58 Å². The number of allylic oxidation sites excluding steroid dienone is 1. The maximum absolute atomic E-state index is 12.0. The van der Waals surface area contributed by atoms with Gasteiger partial charge in [0.1, 0.15) is 6.61 Å². The molecule has 1 unspecified atom stereocenters. The van der Waals surface area contributed by atoms with Crippen LogP contribution in [0, 0.1) is 0 Å². The van der Waals surface area contributed by atoms with Crippen molar-refractivity contribution in [1.82, 2.24) is 5.32 Å². The van der Waals surface area contributed by atoms with E-state index in [9.17, 15) is 13.2 Å². The van der Waals surface area contributed by atoms with Gasteiger partial charge in [-0.2, -0.15) is 13.2 Å². The largest absolute Gasteiger partial charge is 0.411 e. The van der Waals surface area contributed by atoms with Crippen LogP contribution in [0.5, 0.6) is 0 Å². The molecule has 0 saturated carbocycles. The van der Waals surface area contributed by atoms with Crippen molar-refractivity contribution in [3.63, 3.8) is 0 Å². The maximum atomic E-state index is 12.0. The lowest BCUT2D eigenvalue weighted by atomic mass is 10.1. The van der Waals surface area contributed by atoms with Gasteiger partial charge < -0.3 is 10.1 Å². The summed E-state index contributed by atoms with van der Waals surface area (Å²) in [6.45, 7) is 5.47. The van der Waals surface area contributed by atoms with Crippen molar-refractivity contribution >= 4 is 0 Å². The van der Waals surface area contributed by atoms with Crippen molar-refractivity contribution in [2.45, 2.75) is 57.7 Å². The second-order valence-electron chi connectivity index (χ2n) is 4.71. The fourth-order valence-corrected chi connectivity index (χ4v) is 1.77. The molecule has 0 aromatic heterocycles. The highest BCUT2D eigenvalue weighted by Gasteiger charge is 2.27. The summed E-state index contributed by atoms with van der Waals surface area (Å²) >= 11 is 0. The molecule has 0 fully saturated rings. The van der Waals surface area contributed by atoms with Gasteiger partial charge in [-0.1, -0.05) is 25.8 Å². The lowest BCUT2D eigenvalue weighted by Gasteiger charge is -2.19. The lowest BCUT2D eigenvalue weighted by molar-refractivity contribution is -0.175. The molecule has 0 heterocycles. The lowest BCUT2D eigenvalue weighted by Crippen LogP contribution is -2.35. The number of unbranched alkanes of at least 4 members (excludes halogenated alkanes) is 3. The molecule has 5 heteroatoms. The molecule has 0 aliphatic rings. The Morgan fingerprint density at radius 2 is 2.00 bits per heavy atom. The van der Waals surface area contributed by atoms with Crippen molar-refractivity contribution in [3.8, 4) is 0 Å². The van der Waals surface area contributed by atoms with Gasteiger partial charge in [-0.25, -0.2) is 0 Å². The van der Waals surface area contributed by atoms with E-state index in [2.05, 4.69) is 11.9 Å². The van der Waals surface area contributed by atoms with E-state index in [0.29, 0.717) is 0 Å². The van der Waals surface area contributed by atoms with E-state index in [1.165, 1.54) is 0 Å². The van der Waals surface area contributed by atoms with Crippen molar-refractivity contribution < 1.29 is 17.9 Å². The zero-order chi connectivity index (χ0) is 14.6. The number of hydrogen-bond acceptors (Lipinski definition) is 2. The standard InChI is InChI=1S/C14H26F3NO/c1-3-5-6-7-8-9-13(18-10-4-2)11-19-12-14(15,16)17/h3,13,18H,1,4-12H2,2H3. The molecular formula is C14H26F3NO. The molecule has 2 nitrogen and oxygen atoms in total. The van der Waals surface area contributed by atoms with Crippen LogP contribution in [0.25, 0.3) is 0 Å². The molecule has 0 rings (SSSR count). The van der Waals surface area contributed by atoms with E-state index in [4.69, 9.17) is 4.74 Å². The highest BCUT2D eigenvalue weighted by molar-refractivity contribution is 4.69. The predicted octanol–water partition coefficient (Wildman–Crippen LogP) is 4.07. The summed E-state index contributed by atoms with van der Waals surface area (Å²) in [6, 6.07) is 0.0195. The van der Waals surface area contributed by atoms with Crippen molar-refractivity contribution in [3.05, 3.63) is 12.7 Å². The van der Waals surface area contributed by atoms with Gasteiger partial charge in [-0.05, 0) is 32.2 Å². The van der Waals surface area contributed by atoms with Gasteiger partial charge in [0.25, 0.3) is 0 Å². The van der Waals surface area contributed by atoms with Gasteiger partial charge in [0.05, 0.1) is 6.61 Å². The zero-order valence-corrected chi connectivity index (χ0v) is 11.8. The Morgan fingerprint density at radius 1 is 1.26 bits per heavy atom. The first kappa shape index (κ1) is 18.4. The highest BCUT2D eigenvalue weighted by Crippen LogP contribution is 2.15. The summed E-state index contributed by atoms with van der Waals surface area (Å²) in [5, 5.41) is 3.23. The van der Waals surface area contributed by atoms with Crippen molar-refractivity contribution in [2.75, 3.05) is 19.8 Å². The van der Waals surface area contributed by atoms with E-state index in [-0.39, 0.29) is 12.6 Å². The molecule has 114 valence electrons. The van der Waals surface area contributed by atoms with Crippen LogP contribution in [0.1, 0.15) is 45.4 Å². The third-order valence-electron chi connectivity index (χ3n) is 2.73. The van der Waals surface area contributed by atoms with Gasteiger partial charge in [0.15, 0.2) is 0 Å². The summed E-state index contributed by atoms with van der Waals surface area (Å²) < 4.78 is 40.7. The average Bonchev–Trinajstić information content (AvgIpc) is 2.33. The molecule has 0 aliphatic carbocycles. The molecule has 0 saturated heterocycles. The molecule has 1 atom stereocenters. The van der Waals surface area contributed by atoms with Crippen LogP contribution in [0.2, 0.25) is 0 Å². The number of ether oxygens (including phenoxy) is 1. The SMILES string of the molecule is C=CCCCCCC(COCC(F)(F)F)NCCC. The fourth-order valence-electron chi connectivity index (χ4n) is 1.77. The Labute approximate surface area is 114 Å². The van der Waals surface area contributed by atoms with Crippen LogP contribution in [0.3, 0.4) is 0 Å². The summed E-state index contributed by atoms with van der Waals surface area (Å²) in [6.07, 6.45) is 3.64. The molecule has 0 aromatic carbocycles. The van der Waals surface area contributed by atoms with Crippen LogP contribution < -0.4 is 5.32 Å². The Hall–Kier alpha value is -0.550. The monoisotopic (exact) mass is 281 g/mol. The number of alkyl halides is 3. The van der Waals surface area contributed by atoms with E-state index in [0.717, 1.165) is 45.1 Å². The first-order chi connectivity index (χ1) is 8.99. The Balaban J connectivity index is 3.77. The second kappa shape index (κ2) is 11.3. The van der Waals surface area contributed by atoms with E-state index >= 15 is 0 Å². The van der Waals surface area contributed by atoms with Crippen LogP contribution in [-0.4, -0.2) is 32.0 Å². The maximum Gasteiger partial charge on any atom is 0.411 e. The Morgan fingerprint density at radius 3 is 2.58 bits per heavy atom. The minimum Gasteiger partial charge on any atom is -0.370 e. The smallest absolute Gasteiger partial charge is 0.370 e. The molecule has 0 aliphatic heterocycles. The van der Waals surface area contributed by atoms with Crippen LogP contribution >= 0.6 is 0 Å². The normalized spacial score (nSPS) is 13.5. The van der Waals surface area contributed by atoms with Crippen LogP contribution in [-0.2, 0) is 4.74 Å². The Bertz CT molecular complexity index is 219. The number of hydrogen-bond donors (Lipinski definition) is 1. The molecular weight excluding hydrogens is 255 g/mol. The number of rotatable bonds is 12. The van der Waals surface area contributed by atoms with Gasteiger partial charge in [-0.3, -0.25) is 0 Å². The summed E-state index contributed by atoms with van der Waals surface area (Å²) in [5.74, 6) is 0. The molecule has 0 radical (unpaired) electrons. The first-order valence-corrected chi connectivity index (χ1v) is 6.98. The highest BCUT2D eigenvalue weighted by atomic mass is 19.4. The minimum absolute atomic E-state index is 0.0195. The summed E-state index contributed by atoms with van der Waals surface area (Å²) in [7, 11) is 0. The topological polar surface area (TPSA) is 21.3 Å². The minimum atomic E-state index is -4.24. The van der Waals surface area contributed by atoms with Crippen LogP contribution in [0.4, 0.5) is 13.2 Å². The van der Waals surface area contributed by atoms with Crippen molar-refractivity contribution in [2.24, 2.45) is 0 Å². The molecule has 0 spiro atoms. The quantitative estimate of drug-likeness (QED) is 0.430. The van der Waals surface area contributed by atoms with Gasteiger partial charge in [0.2, 0.25) is 0 Å². The van der Waals surface area contributed by atoms with Gasteiger partial charge in [0, 0.05) is 6.04 Å². The van der Waals surface area contributed by atoms with Gasteiger partial charge >= 0.3 is 6.18 Å². The fraction of sp³-hybridized carbons (Fsp3) is 0.857.